The van der Waals surface area contributed by atoms with Crippen molar-refractivity contribution in [2.24, 2.45) is 10.9 Å². The molecule has 1 unspecified atom stereocenters. The van der Waals surface area contributed by atoms with Crippen LogP contribution in [0.3, 0.4) is 0 Å². The molecule has 4 heterocycles. The van der Waals surface area contributed by atoms with Crippen molar-refractivity contribution in [3.8, 4) is 5.00 Å². The number of benzene rings is 1. The first kappa shape index (κ1) is 25.2. The largest absolute Gasteiger partial charge is 0.481 e. The summed E-state index contributed by atoms with van der Waals surface area (Å²) in [5.41, 5.74) is 4.98. The zero-order chi connectivity index (χ0) is 27.0. The zero-order valence-electron chi connectivity index (χ0n) is 21.3. The Morgan fingerprint density at radius 2 is 1.89 bits per heavy atom. The third kappa shape index (κ3) is 4.66. The van der Waals surface area contributed by atoms with Crippen molar-refractivity contribution in [1.82, 2.24) is 19.7 Å². The van der Waals surface area contributed by atoms with Crippen LogP contribution in [0.2, 0.25) is 0 Å². The molecular formula is C28H26N6O3S. The minimum atomic E-state index is -0.958. The number of hydrogen-bond donors (Lipinski definition) is 2. The van der Waals surface area contributed by atoms with E-state index in [2.05, 4.69) is 27.4 Å². The van der Waals surface area contributed by atoms with E-state index in [9.17, 15) is 14.7 Å². The van der Waals surface area contributed by atoms with Crippen molar-refractivity contribution in [3.63, 3.8) is 0 Å². The van der Waals surface area contributed by atoms with E-state index in [1.54, 1.807) is 42.8 Å². The molecule has 1 aromatic carbocycles. The number of hydrogen-bond acceptors (Lipinski definition) is 7. The highest BCUT2D eigenvalue weighted by molar-refractivity contribution is 7.15. The van der Waals surface area contributed by atoms with Crippen molar-refractivity contribution in [3.05, 3.63) is 93.6 Å². The van der Waals surface area contributed by atoms with Crippen LogP contribution < -0.4 is 5.32 Å². The summed E-state index contributed by atoms with van der Waals surface area (Å²) in [7, 11) is 0. The van der Waals surface area contributed by atoms with E-state index in [0.717, 1.165) is 32.1 Å². The number of nitrogens with zero attached hydrogens (tertiary/aromatic N) is 5. The Balaban J connectivity index is 1.51. The Bertz CT molecular complexity index is 1580. The maximum atomic E-state index is 12.4. The molecule has 1 amide bonds. The summed E-state index contributed by atoms with van der Waals surface area (Å²) in [6.45, 7) is 7.60. The first-order chi connectivity index (χ1) is 18.2. The van der Waals surface area contributed by atoms with Crippen LogP contribution in [0.5, 0.6) is 0 Å². The molecule has 2 N–H and O–H groups in total. The van der Waals surface area contributed by atoms with E-state index in [1.807, 2.05) is 48.7 Å². The van der Waals surface area contributed by atoms with E-state index in [-0.39, 0.29) is 5.91 Å². The van der Waals surface area contributed by atoms with Crippen LogP contribution in [0.1, 0.15) is 51.7 Å². The van der Waals surface area contributed by atoms with Crippen LogP contribution in [0.15, 0.2) is 59.9 Å². The number of anilines is 1. The number of thiophene rings is 1. The van der Waals surface area contributed by atoms with Crippen molar-refractivity contribution in [1.29, 1.82) is 0 Å². The molecule has 1 aliphatic heterocycles. The summed E-state index contributed by atoms with van der Waals surface area (Å²) in [4.78, 5) is 34.6. The summed E-state index contributed by atoms with van der Waals surface area (Å²) in [6, 6.07) is 10.3. The first-order valence-electron chi connectivity index (χ1n) is 12.1. The van der Waals surface area contributed by atoms with Crippen molar-refractivity contribution in [2.45, 2.75) is 33.7 Å². The van der Waals surface area contributed by atoms with Gasteiger partial charge in [-0.3, -0.25) is 24.1 Å². The van der Waals surface area contributed by atoms with E-state index in [1.165, 1.54) is 6.08 Å². The highest BCUT2D eigenvalue weighted by Crippen LogP contribution is 2.40. The predicted octanol–water partition coefficient (Wildman–Crippen LogP) is 4.91. The number of carboxylic acid groups (broad SMARTS) is 1. The van der Waals surface area contributed by atoms with Crippen LogP contribution in [0, 0.1) is 26.7 Å². The van der Waals surface area contributed by atoms with Crippen molar-refractivity contribution in [2.75, 3.05) is 5.32 Å². The number of rotatable bonds is 6. The molecule has 0 saturated carbocycles. The Labute approximate surface area is 223 Å². The predicted molar refractivity (Wildman–Crippen MR) is 147 cm³/mol. The molecule has 9 nitrogen and oxygen atoms in total. The fraction of sp³-hybridized carbons (Fsp3) is 0.214. The van der Waals surface area contributed by atoms with Crippen LogP contribution in [0.4, 0.5) is 5.69 Å². The van der Waals surface area contributed by atoms with Crippen LogP contribution in [-0.4, -0.2) is 42.4 Å². The van der Waals surface area contributed by atoms with Crippen LogP contribution in [-0.2, 0) is 9.59 Å². The van der Waals surface area contributed by atoms with Gasteiger partial charge in [-0.25, -0.2) is 0 Å². The second-order valence-electron chi connectivity index (χ2n) is 9.14. The van der Waals surface area contributed by atoms with Gasteiger partial charge in [-0.2, -0.15) is 0 Å². The van der Waals surface area contributed by atoms with Gasteiger partial charge >= 0.3 is 5.97 Å². The fourth-order valence-electron chi connectivity index (χ4n) is 4.36. The number of carbonyl (C=O) groups excluding carboxylic acids is 1. The van der Waals surface area contributed by atoms with Crippen molar-refractivity contribution < 1.29 is 14.7 Å². The van der Waals surface area contributed by atoms with E-state index < -0.39 is 17.9 Å². The smallest absolute Gasteiger partial charge is 0.308 e. The van der Waals surface area contributed by atoms with Crippen molar-refractivity contribution >= 4 is 40.7 Å². The molecule has 5 rings (SSSR count). The van der Waals surface area contributed by atoms with Gasteiger partial charge < -0.3 is 10.4 Å². The van der Waals surface area contributed by atoms with Gasteiger partial charge in [-0.1, -0.05) is 18.2 Å². The molecule has 0 spiro atoms. The van der Waals surface area contributed by atoms with E-state index in [0.29, 0.717) is 23.0 Å². The maximum absolute atomic E-state index is 12.4. The van der Waals surface area contributed by atoms with Gasteiger partial charge in [0.15, 0.2) is 5.82 Å². The topological polar surface area (TPSA) is 122 Å². The quantitative estimate of drug-likeness (QED) is 0.344. The maximum Gasteiger partial charge on any atom is 0.308 e. The molecule has 10 heteroatoms. The summed E-state index contributed by atoms with van der Waals surface area (Å²) >= 11 is 1.61. The lowest BCUT2D eigenvalue weighted by molar-refractivity contribution is -0.141. The van der Waals surface area contributed by atoms with Gasteiger partial charge in [0, 0.05) is 40.2 Å². The SMILES string of the molecule is Cc1sc2c(c1C)C(c1ccc(NC(=O)C=Cc3cccnc3)cc1)=NC([C@H](C)C(=O)O)c1nnc(C)n1-2. The molecule has 4 aromatic rings. The Morgan fingerprint density at radius 3 is 2.58 bits per heavy atom. The highest BCUT2D eigenvalue weighted by Gasteiger charge is 2.36. The number of aromatic nitrogens is 4. The number of pyridine rings is 1. The second kappa shape index (κ2) is 10.1. The van der Waals surface area contributed by atoms with Gasteiger partial charge in [-0.05, 0) is 63.1 Å². The molecule has 0 bridgehead atoms. The lowest BCUT2D eigenvalue weighted by atomic mass is 9.98. The number of nitrogens with one attached hydrogen (secondary N) is 1. The summed E-state index contributed by atoms with van der Waals surface area (Å²) in [6.07, 6.45) is 6.51. The Morgan fingerprint density at radius 1 is 1.13 bits per heavy atom. The number of aliphatic carboxylic acids is 1. The van der Waals surface area contributed by atoms with E-state index >= 15 is 0 Å². The van der Waals surface area contributed by atoms with Crippen LogP contribution >= 0.6 is 11.3 Å². The van der Waals surface area contributed by atoms with Gasteiger partial charge in [-0.15, -0.1) is 21.5 Å². The summed E-state index contributed by atoms with van der Waals surface area (Å²) < 4.78 is 1.93. The third-order valence-corrected chi connectivity index (χ3v) is 7.78. The molecule has 38 heavy (non-hydrogen) atoms. The summed E-state index contributed by atoms with van der Waals surface area (Å²) in [5, 5.41) is 22.2. The number of carbonyl (C=O) groups is 2. The minimum Gasteiger partial charge on any atom is -0.481 e. The van der Waals surface area contributed by atoms with E-state index in [4.69, 9.17) is 4.99 Å². The molecular weight excluding hydrogens is 500 g/mol. The number of carboxylic acids is 1. The fourth-order valence-corrected chi connectivity index (χ4v) is 5.57. The zero-order valence-corrected chi connectivity index (χ0v) is 22.2. The Kier molecular flexibility index (Phi) is 6.73. The molecule has 1 aliphatic rings. The normalized spacial score (nSPS) is 15.4. The molecule has 2 atom stereocenters. The first-order valence-corrected chi connectivity index (χ1v) is 12.9. The van der Waals surface area contributed by atoms with Gasteiger partial charge in [0.2, 0.25) is 5.91 Å². The number of fused-ring (bicyclic) bond motifs is 3. The van der Waals surface area contributed by atoms with Gasteiger partial charge in [0.05, 0.1) is 11.6 Å². The number of aliphatic imine (C=N–C) groups is 1. The monoisotopic (exact) mass is 526 g/mol. The molecule has 0 saturated heterocycles. The number of aryl methyl sites for hydroxylation is 2. The molecule has 192 valence electrons. The molecule has 0 fully saturated rings. The van der Waals surface area contributed by atoms with Gasteiger partial charge in [0.25, 0.3) is 0 Å². The lowest BCUT2D eigenvalue weighted by Gasteiger charge is -2.16. The standard InChI is InChI=1S/C28H26N6O3S/c1-15-17(3)38-27-23(15)25(31-24(16(2)28(36)37)26-33-32-18(4)34(26)27)20-8-10-21(11-9-20)30-22(35)12-7-19-6-5-13-29-14-19/h5-14,16,24H,1-4H3,(H,30,35)(H,36,37)/t16-,24?/m0/s1. The Hall–Kier alpha value is -4.44. The van der Waals surface area contributed by atoms with Crippen LogP contribution in [0.25, 0.3) is 11.1 Å². The third-order valence-electron chi connectivity index (χ3n) is 6.59. The minimum absolute atomic E-state index is 0.260. The average Bonchev–Trinajstić information content (AvgIpc) is 3.38. The molecule has 3 aromatic heterocycles. The highest BCUT2D eigenvalue weighted by atomic mass is 32.1. The average molecular weight is 527 g/mol. The summed E-state index contributed by atoms with van der Waals surface area (Å²) in [5.74, 6) is -0.837. The molecule has 0 aliphatic carbocycles. The second-order valence-corrected chi connectivity index (χ2v) is 10.3. The lowest BCUT2D eigenvalue weighted by Crippen LogP contribution is -2.21. The molecule has 0 radical (unpaired) electrons. The van der Waals surface area contributed by atoms with Gasteiger partial charge in [0.1, 0.15) is 16.9 Å². The number of amides is 1.